The standard InChI is InChI=1S/C21H33BN2O7/c1-12(2)7-19(22(28)29)24-21(27)17(11-25)23-20(26)14-6-5-13-8-15(30-3)10-18(31-4)16(13)9-14/h8,10,12,14,17,19,25,28-29H,5-7,9,11H2,1-4H3,(H,23,26)(H,24,27)/t14?,17-,19?/m0/s1. The molecule has 0 aliphatic heterocycles. The van der Waals surface area contributed by atoms with Crippen LogP contribution in [0.15, 0.2) is 12.1 Å². The minimum Gasteiger partial charge on any atom is -0.497 e. The lowest BCUT2D eigenvalue weighted by Crippen LogP contribution is -2.56. The van der Waals surface area contributed by atoms with Crippen LogP contribution in [0, 0.1) is 11.8 Å². The number of hydrogen-bond acceptors (Lipinski definition) is 7. The highest BCUT2D eigenvalue weighted by Gasteiger charge is 2.32. The molecule has 31 heavy (non-hydrogen) atoms. The first-order valence-corrected chi connectivity index (χ1v) is 10.5. The highest BCUT2D eigenvalue weighted by Crippen LogP contribution is 2.36. The van der Waals surface area contributed by atoms with Crippen LogP contribution < -0.4 is 20.1 Å². The Morgan fingerprint density at radius 3 is 2.45 bits per heavy atom. The van der Waals surface area contributed by atoms with Crippen LogP contribution in [0.5, 0.6) is 11.5 Å². The van der Waals surface area contributed by atoms with E-state index in [9.17, 15) is 24.7 Å². The second-order valence-corrected chi connectivity index (χ2v) is 8.31. The molecule has 1 aromatic carbocycles. The van der Waals surface area contributed by atoms with Crippen molar-refractivity contribution in [2.45, 2.75) is 51.5 Å². The summed E-state index contributed by atoms with van der Waals surface area (Å²) in [7, 11) is 1.41. The van der Waals surface area contributed by atoms with Gasteiger partial charge in [-0.2, -0.15) is 0 Å². The van der Waals surface area contributed by atoms with Crippen molar-refractivity contribution in [1.82, 2.24) is 10.6 Å². The van der Waals surface area contributed by atoms with Gasteiger partial charge in [-0.3, -0.25) is 9.59 Å². The lowest BCUT2D eigenvalue weighted by atomic mass is 9.75. The number of aliphatic hydroxyl groups excluding tert-OH is 1. The number of hydrogen-bond donors (Lipinski definition) is 5. The van der Waals surface area contributed by atoms with E-state index < -0.39 is 31.6 Å². The van der Waals surface area contributed by atoms with Crippen molar-refractivity contribution in [3.8, 4) is 11.5 Å². The van der Waals surface area contributed by atoms with Crippen LogP contribution in [-0.2, 0) is 22.4 Å². The molecule has 3 atom stereocenters. The van der Waals surface area contributed by atoms with Gasteiger partial charge in [0, 0.05) is 12.0 Å². The van der Waals surface area contributed by atoms with Gasteiger partial charge in [-0.1, -0.05) is 13.8 Å². The number of carbonyl (C=O) groups excluding carboxylic acids is 2. The van der Waals surface area contributed by atoms with Crippen molar-refractivity contribution >= 4 is 18.9 Å². The summed E-state index contributed by atoms with van der Waals surface area (Å²) < 4.78 is 10.8. The Kier molecular flexibility index (Phi) is 9.15. The van der Waals surface area contributed by atoms with Crippen LogP contribution in [-0.4, -0.2) is 66.9 Å². The number of rotatable bonds is 10. The lowest BCUT2D eigenvalue weighted by molar-refractivity contribution is -0.132. The maximum absolute atomic E-state index is 12.8. The first-order chi connectivity index (χ1) is 14.7. The minimum absolute atomic E-state index is 0.116. The van der Waals surface area contributed by atoms with Crippen LogP contribution >= 0.6 is 0 Å². The largest absolute Gasteiger partial charge is 0.497 e. The number of carbonyl (C=O) groups is 2. The molecule has 5 N–H and O–H groups in total. The van der Waals surface area contributed by atoms with Crippen molar-refractivity contribution in [2.24, 2.45) is 11.8 Å². The Bertz CT molecular complexity index is 755. The second-order valence-electron chi connectivity index (χ2n) is 8.31. The molecule has 0 saturated carbocycles. The van der Waals surface area contributed by atoms with Crippen molar-refractivity contribution < 1.29 is 34.2 Å². The molecule has 1 aliphatic carbocycles. The van der Waals surface area contributed by atoms with E-state index in [4.69, 9.17) is 9.47 Å². The van der Waals surface area contributed by atoms with Gasteiger partial charge in [0.1, 0.15) is 17.5 Å². The third-order valence-electron chi connectivity index (χ3n) is 5.54. The molecule has 2 rings (SSSR count). The van der Waals surface area contributed by atoms with Gasteiger partial charge in [0.15, 0.2) is 0 Å². The summed E-state index contributed by atoms with van der Waals surface area (Å²) in [5.74, 6) is -0.818. The molecule has 0 bridgehead atoms. The van der Waals surface area contributed by atoms with Gasteiger partial charge in [-0.15, -0.1) is 0 Å². The Hall–Kier alpha value is -2.30. The van der Waals surface area contributed by atoms with E-state index in [1.807, 2.05) is 19.9 Å². The number of benzene rings is 1. The predicted octanol–water partition coefficient (Wildman–Crippen LogP) is -0.171. The van der Waals surface area contributed by atoms with Gasteiger partial charge in [0.05, 0.1) is 26.8 Å². The zero-order chi connectivity index (χ0) is 23.1. The summed E-state index contributed by atoms with van der Waals surface area (Å²) >= 11 is 0. The molecule has 2 unspecified atom stereocenters. The normalized spacial score (nSPS) is 17.4. The summed E-state index contributed by atoms with van der Waals surface area (Å²) in [5.41, 5.74) is 1.99. The SMILES string of the molecule is COc1cc2c(c(OC)c1)CC(C(=O)N[C@@H](CO)C(=O)NC(CC(C)C)B(O)O)CC2. The molecular weight excluding hydrogens is 403 g/mol. The number of aliphatic hydroxyl groups is 1. The molecule has 2 amide bonds. The molecule has 0 aromatic heterocycles. The van der Waals surface area contributed by atoms with E-state index >= 15 is 0 Å². The molecule has 9 nitrogen and oxygen atoms in total. The highest BCUT2D eigenvalue weighted by atomic mass is 16.5. The zero-order valence-electron chi connectivity index (χ0n) is 18.6. The fourth-order valence-electron chi connectivity index (χ4n) is 3.86. The zero-order valence-corrected chi connectivity index (χ0v) is 18.6. The van der Waals surface area contributed by atoms with Crippen molar-refractivity contribution in [2.75, 3.05) is 20.8 Å². The van der Waals surface area contributed by atoms with Gasteiger partial charge in [-0.25, -0.2) is 0 Å². The summed E-state index contributed by atoms with van der Waals surface area (Å²) in [6.45, 7) is 3.17. The second kappa shape index (κ2) is 11.4. The summed E-state index contributed by atoms with van der Waals surface area (Å²) in [6.07, 6.45) is 2.03. The molecule has 1 aliphatic rings. The van der Waals surface area contributed by atoms with Crippen molar-refractivity contribution in [3.63, 3.8) is 0 Å². The quantitative estimate of drug-likeness (QED) is 0.321. The first kappa shape index (κ1) is 25.0. The summed E-state index contributed by atoms with van der Waals surface area (Å²) in [4.78, 5) is 25.4. The molecule has 0 radical (unpaired) electrons. The maximum atomic E-state index is 12.8. The molecule has 172 valence electrons. The molecule has 10 heteroatoms. The van der Waals surface area contributed by atoms with E-state index in [1.54, 1.807) is 20.3 Å². The molecule has 0 fully saturated rings. The van der Waals surface area contributed by atoms with Crippen LogP contribution in [0.2, 0.25) is 0 Å². The van der Waals surface area contributed by atoms with Gasteiger partial charge in [0.2, 0.25) is 11.8 Å². The number of amides is 2. The average molecular weight is 436 g/mol. The predicted molar refractivity (Wildman–Crippen MR) is 116 cm³/mol. The molecular formula is C21H33BN2O7. The van der Waals surface area contributed by atoms with Gasteiger partial charge < -0.3 is 35.3 Å². The number of nitrogens with one attached hydrogen (secondary N) is 2. The van der Waals surface area contributed by atoms with Crippen molar-refractivity contribution in [3.05, 3.63) is 23.3 Å². The van der Waals surface area contributed by atoms with Crippen LogP contribution in [0.4, 0.5) is 0 Å². The average Bonchev–Trinajstić information content (AvgIpc) is 2.74. The van der Waals surface area contributed by atoms with Crippen molar-refractivity contribution in [1.29, 1.82) is 0 Å². The van der Waals surface area contributed by atoms with Gasteiger partial charge >= 0.3 is 7.12 Å². The Morgan fingerprint density at radius 1 is 1.19 bits per heavy atom. The number of methoxy groups -OCH3 is 2. The van der Waals surface area contributed by atoms with Gasteiger partial charge in [-0.05, 0) is 48.8 Å². The van der Waals surface area contributed by atoms with E-state index in [0.29, 0.717) is 37.2 Å². The monoisotopic (exact) mass is 436 g/mol. The fourth-order valence-corrected chi connectivity index (χ4v) is 3.86. The number of aryl methyl sites for hydroxylation is 1. The fraction of sp³-hybridized carbons (Fsp3) is 0.619. The Labute approximate surface area is 183 Å². The summed E-state index contributed by atoms with van der Waals surface area (Å²) in [6, 6.07) is 2.53. The minimum atomic E-state index is -1.74. The summed E-state index contributed by atoms with van der Waals surface area (Å²) in [5, 5.41) is 33.7. The van der Waals surface area contributed by atoms with Crippen LogP contribution in [0.3, 0.4) is 0 Å². The maximum Gasteiger partial charge on any atom is 0.475 e. The molecule has 0 heterocycles. The third-order valence-corrected chi connectivity index (χ3v) is 5.54. The Morgan fingerprint density at radius 2 is 1.90 bits per heavy atom. The lowest BCUT2D eigenvalue weighted by Gasteiger charge is -2.28. The Balaban J connectivity index is 2.05. The van der Waals surface area contributed by atoms with Crippen LogP contribution in [0.1, 0.15) is 37.8 Å². The van der Waals surface area contributed by atoms with Gasteiger partial charge in [0.25, 0.3) is 0 Å². The smallest absolute Gasteiger partial charge is 0.475 e. The van der Waals surface area contributed by atoms with E-state index in [1.165, 1.54) is 0 Å². The highest BCUT2D eigenvalue weighted by molar-refractivity contribution is 6.43. The topological polar surface area (TPSA) is 137 Å². The third kappa shape index (κ3) is 6.59. The molecule has 0 saturated heterocycles. The number of fused-ring (bicyclic) bond motifs is 1. The van der Waals surface area contributed by atoms with E-state index in [-0.39, 0.29) is 17.7 Å². The first-order valence-electron chi connectivity index (χ1n) is 10.5. The molecule has 1 aromatic rings. The molecule has 0 spiro atoms. The van der Waals surface area contributed by atoms with Crippen LogP contribution in [0.25, 0.3) is 0 Å². The van der Waals surface area contributed by atoms with E-state index in [2.05, 4.69) is 10.6 Å². The number of ether oxygens (including phenoxy) is 2. The van der Waals surface area contributed by atoms with E-state index in [0.717, 1.165) is 11.1 Å².